The van der Waals surface area contributed by atoms with Gasteiger partial charge in [-0.3, -0.25) is 4.79 Å². The summed E-state index contributed by atoms with van der Waals surface area (Å²) in [4.78, 5) is 10.7. The lowest BCUT2D eigenvalue weighted by Gasteiger charge is -2.06. The number of esters is 1. The lowest BCUT2D eigenvalue weighted by molar-refractivity contribution is -0.131. The fourth-order valence-corrected chi connectivity index (χ4v) is 1.10. The highest BCUT2D eigenvalue weighted by atomic mass is 16.5. The smallest absolute Gasteiger partial charge is 0.308 e. The summed E-state index contributed by atoms with van der Waals surface area (Å²) in [5, 5.41) is 0. The summed E-state index contributed by atoms with van der Waals surface area (Å²) in [5.41, 5.74) is 0. The van der Waals surface area contributed by atoms with Crippen molar-refractivity contribution in [2.24, 2.45) is 0 Å². The van der Waals surface area contributed by atoms with Crippen LogP contribution < -0.4 is 9.47 Å². The van der Waals surface area contributed by atoms with E-state index in [9.17, 15) is 4.79 Å². The molecule has 15 heavy (non-hydrogen) atoms. The van der Waals surface area contributed by atoms with Gasteiger partial charge in [0.15, 0.2) is 0 Å². The Hall–Kier alpha value is -1.51. The van der Waals surface area contributed by atoms with E-state index in [0.717, 1.165) is 25.2 Å². The lowest BCUT2D eigenvalue weighted by atomic mass is 10.3. The summed E-state index contributed by atoms with van der Waals surface area (Å²) in [7, 11) is 0. The first-order chi connectivity index (χ1) is 7.22. The van der Waals surface area contributed by atoms with Crippen molar-refractivity contribution in [1.82, 2.24) is 0 Å². The SMILES string of the molecule is CCCCOc1ccc(OC(C)=O)cc1. The first kappa shape index (κ1) is 11.6. The molecule has 0 aromatic heterocycles. The number of rotatable bonds is 5. The Kier molecular flexibility index (Phi) is 4.68. The number of carbonyl (C=O) groups excluding carboxylic acids is 1. The first-order valence-corrected chi connectivity index (χ1v) is 5.13. The fraction of sp³-hybridized carbons (Fsp3) is 0.417. The third kappa shape index (κ3) is 4.49. The molecule has 3 nitrogen and oxygen atoms in total. The van der Waals surface area contributed by atoms with Crippen LogP contribution in [0.4, 0.5) is 0 Å². The second kappa shape index (κ2) is 6.06. The van der Waals surface area contributed by atoms with E-state index < -0.39 is 0 Å². The molecule has 0 spiro atoms. The lowest BCUT2D eigenvalue weighted by Crippen LogP contribution is -2.01. The van der Waals surface area contributed by atoms with Gasteiger partial charge in [0.2, 0.25) is 0 Å². The normalized spacial score (nSPS) is 9.73. The molecule has 0 bridgehead atoms. The molecule has 0 fully saturated rings. The Morgan fingerprint density at radius 3 is 2.33 bits per heavy atom. The predicted octanol–water partition coefficient (Wildman–Crippen LogP) is 2.79. The summed E-state index contributed by atoms with van der Waals surface area (Å²) < 4.78 is 10.4. The van der Waals surface area contributed by atoms with E-state index >= 15 is 0 Å². The number of unbranched alkanes of at least 4 members (excludes halogenated alkanes) is 1. The molecule has 3 heteroatoms. The summed E-state index contributed by atoms with van der Waals surface area (Å²) in [6.45, 7) is 4.22. The van der Waals surface area contributed by atoms with Crippen molar-refractivity contribution in [2.45, 2.75) is 26.7 Å². The van der Waals surface area contributed by atoms with Gasteiger partial charge < -0.3 is 9.47 Å². The van der Waals surface area contributed by atoms with E-state index in [1.54, 1.807) is 24.3 Å². The Labute approximate surface area is 90.0 Å². The highest BCUT2D eigenvalue weighted by molar-refractivity contribution is 5.69. The van der Waals surface area contributed by atoms with Gasteiger partial charge in [-0.2, -0.15) is 0 Å². The zero-order chi connectivity index (χ0) is 11.1. The van der Waals surface area contributed by atoms with Crippen molar-refractivity contribution < 1.29 is 14.3 Å². The van der Waals surface area contributed by atoms with E-state index in [0.29, 0.717) is 5.75 Å². The molecule has 1 aromatic carbocycles. The largest absolute Gasteiger partial charge is 0.494 e. The highest BCUT2D eigenvalue weighted by Gasteiger charge is 1.98. The predicted molar refractivity (Wildman–Crippen MR) is 58.2 cm³/mol. The maximum atomic E-state index is 10.7. The molecule has 0 N–H and O–H groups in total. The van der Waals surface area contributed by atoms with Gasteiger partial charge in [-0.1, -0.05) is 13.3 Å². The molecule has 82 valence electrons. The van der Waals surface area contributed by atoms with Crippen molar-refractivity contribution in [3.63, 3.8) is 0 Å². The molecule has 0 saturated carbocycles. The van der Waals surface area contributed by atoms with Crippen molar-refractivity contribution in [2.75, 3.05) is 6.61 Å². The van der Waals surface area contributed by atoms with Crippen LogP contribution in [0, 0.1) is 0 Å². The summed E-state index contributed by atoms with van der Waals surface area (Å²) >= 11 is 0. The molecule has 1 aromatic rings. The van der Waals surface area contributed by atoms with Gasteiger partial charge in [0.05, 0.1) is 6.61 Å². The van der Waals surface area contributed by atoms with Crippen LogP contribution in [0.2, 0.25) is 0 Å². The van der Waals surface area contributed by atoms with Crippen LogP contribution in [0.5, 0.6) is 11.5 Å². The van der Waals surface area contributed by atoms with Gasteiger partial charge in [0, 0.05) is 6.92 Å². The minimum atomic E-state index is -0.311. The second-order valence-corrected chi connectivity index (χ2v) is 3.27. The van der Waals surface area contributed by atoms with Crippen LogP contribution >= 0.6 is 0 Å². The molecular weight excluding hydrogens is 192 g/mol. The molecule has 0 heterocycles. The molecule has 0 atom stereocenters. The molecule has 1 rings (SSSR count). The summed E-state index contributed by atoms with van der Waals surface area (Å²) in [5.74, 6) is 1.04. The standard InChI is InChI=1S/C12H16O3/c1-3-4-9-14-11-5-7-12(8-6-11)15-10(2)13/h5-8H,3-4,9H2,1-2H3. The third-order valence-electron chi connectivity index (χ3n) is 1.85. The molecule has 0 aliphatic rings. The number of hydrogen-bond acceptors (Lipinski definition) is 3. The molecular formula is C12H16O3. The third-order valence-corrected chi connectivity index (χ3v) is 1.85. The second-order valence-electron chi connectivity index (χ2n) is 3.27. The number of benzene rings is 1. The first-order valence-electron chi connectivity index (χ1n) is 5.13. The Morgan fingerprint density at radius 2 is 1.80 bits per heavy atom. The average Bonchev–Trinajstić information content (AvgIpc) is 2.20. The number of hydrogen-bond donors (Lipinski definition) is 0. The fourth-order valence-electron chi connectivity index (χ4n) is 1.10. The Morgan fingerprint density at radius 1 is 1.20 bits per heavy atom. The quantitative estimate of drug-likeness (QED) is 0.424. The van der Waals surface area contributed by atoms with E-state index in [1.807, 2.05) is 0 Å². The van der Waals surface area contributed by atoms with Crippen molar-refractivity contribution in [3.05, 3.63) is 24.3 Å². The van der Waals surface area contributed by atoms with Crippen molar-refractivity contribution in [3.8, 4) is 11.5 Å². The van der Waals surface area contributed by atoms with Crippen LogP contribution in [0.15, 0.2) is 24.3 Å². The van der Waals surface area contributed by atoms with E-state index in [2.05, 4.69) is 6.92 Å². The number of carbonyl (C=O) groups is 1. The highest BCUT2D eigenvalue weighted by Crippen LogP contribution is 2.17. The van der Waals surface area contributed by atoms with Gasteiger partial charge in [-0.05, 0) is 30.7 Å². The van der Waals surface area contributed by atoms with Crippen LogP contribution in [-0.4, -0.2) is 12.6 Å². The molecule has 0 saturated heterocycles. The van der Waals surface area contributed by atoms with Gasteiger partial charge in [0.1, 0.15) is 11.5 Å². The van der Waals surface area contributed by atoms with E-state index in [1.165, 1.54) is 6.92 Å². The zero-order valence-corrected chi connectivity index (χ0v) is 9.16. The average molecular weight is 208 g/mol. The maximum absolute atomic E-state index is 10.7. The molecule has 0 amide bonds. The minimum absolute atomic E-state index is 0.311. The van der Waals surface area contributed by atoms with Gasteiger partial charge in [0.25, 0.3) is 0 Å². The van der Waals surface area contributed by atoms with E-state index in [-0.39, 0.29) is 5.97 Å². The van der Waals surface area contributed by atoms with Crippen LogP contribution in [-0.2, 0) is 4.79 Å². The van der Waals surface area contributed by atoms with E-state index in [4.69, 9.17) is 9.47 Å². The zero-order valence-electron chi connectivity index (χ0n) is 9.16. The molecule has 0 radical (unpaired) electrons. The molecule has 0 unspecified atom stereocenters. The maximum Gasteiger partial charge on any atom is 0.308 e. The summed E-state index contributed by atoms with van der Waals surface area (Å²) in [6.07, 6.45) is 2.16. The van der Waals surface area contributed by atoms with Gasteiger partial charge in [-0.25, -0.2) is 0 Å². The van der Waals surface area contributed by atoms with Crippen molar-refractivity contribution in [1.29, 1.82) is 0 Å². The van der Waals surface area contributed by atoms with Crippen LogP contribution in [0.25, 0.3) is 0 Å². The topological polar surface area (TPSA) is 35.5 Å². The Balaban J connectivity index is 2.45. The van der Waals surface area contributed by atoms with Gasteiger partial charge in [-0.15, -0.1) is 0 Å². The van der Waals surface area contributed by atoms with Crippen molar-refractivity contribution >= 4 is 5.97 Å². The van der Waals surface area contributed by atoms with Crippen LogP contribution in [0.1, 0.15) is 26.7 Å². The Bertz CT molecular complexity index is 303. The monoisotopic (exact) mass is 208 g/mol. The minimum Gasteiger partial charge on any atom is -0.494 e. The summed E-state index contributed by atoms with van der Waals surface area (Å²) in [6, 6.07) is 7.05. The molecule has 0 aliphatic heterocycles. The number of ether oxygens (including phenoxy) is 2. The van der Waals surface area contributed by atoms with Crippen LogP contribution in [0.3, 0.4) is 0 Å². The van der Waals surface area contributed by atoms with Gasteiger partial charge >= 0.3 is 5.97 Å². The molecule has 0 aliphatic carbocycles.